The lowest BCUT2D eigenvalue weighted by Gasteiger charge is -2.28. The third kappa shape index (κ3) is 6.68. The van der Waals surface area contributed by atoms with Gasteiger partial charge in [0.05, 0.1) is 42.6 Å². The van der Waals surface area contributed by atoms with Crippen LogP contribution < -0.4 is 10.6 Å². The Morgan fingerprint density at radius 1 is 1.14 bits per heavy atom. The molecule has 37 heavy (non-hydrogen) atoms. The summed E-state index contributed by atoms with van der Waals surface area (Å²) >= 11 is 0. The number of benzene rings is 1. The van der Waals surface area contributed by atoms with Crippen molar-refractivity contribution in [1.29, 1.82) is 0 Å². The first-order chi connectivity index (χ1) is 17.9. The van der Waals surface area contributed by atoms with Crippen molar-refractivity contribution in [2.24, 2.45) is 5.92 Å². The van der Waals surface area contributed by atoms with Gasteiger partial charge in [0.15, 0.2) is 6.29 Å². The van der Waals surface area contributed by atoms with Gasteiger partial charge < -0.3 is 30.0 Å². The molecule has 5 rings (SSSR count). The molecule has 2 fully saturated rings. The number of H-pyrrole nitrogens is 1. The molecule has 1 aliphatic carbocycles. The molecule has 0 unspecified atom stereocenters. The zero-order chi connectivity index (χ0) is 25.8. The van der Waals surface area contributed by atoms with Crippen LogP contribution in [0.15, 0.2) is 36.5 Å². The molecule has 3 aromatic rings. The van der Waals surface area contributed by atoms with Crippen molar-refractivity contribution in [2.75, 3.05) is 45.7 Å². The van der Waals surface area contributed by atoms with Crippen molar-refractivity contribution in [3.8, 4) is 22.6 Å². The van der Waals surface area contributed by atoms with E-state index < -0.39 is 6.29 Å². The molecule has 3 N–H and O–H groups in total. The average molecular weight is 510 g/mol. The number of nitrogens with one attached hydrogen (secondary N) is 3. The molecule has 1 saturated heterocycles. The lowest BCUT2D eigenvalue weighted by molar-refractivity contribution is -0.200. The van der Waals surface area contributed by atoms with Crippen molar-refractivity contribution >= 4 is 11.9 Å². The number of carbonyl (C=O) groups excluding carboxylic acids is 1. The van der Waals surface area contributed by atoms with Gasteiger partial charge in [0.2, 0.25) is 11.9 Å². The normalized spacial score (nSPS) is 19.7. The van der Waals surface area contributed by atoms with E-state index in [0.29, 0.717) is 61.1 Å². The highest BCUT2D eigenvalue weighted by molar-refractivity contribution is 5.79. The largest absolute Gasteiger partial charge is 0.353 e. The number of aromatic nitrogens is 4. The molecule has 0 radical (unpaired) electrons. The minimum atomic E-state index is -0.529. The Balaban J connectivity index is 1.32. The fraction of sp³-hybridized carbons (Fsp3) is 0.462. The number of rotatable bonds is 10. The maximum Gasteiger partial charge on any atom is 0.228 e. The number of halogens is 1. The van der Waals surface area contributed by atoms with E-state index in [1.807, 2.05) is 14.1 Å². The highest BCUT2D eigenvalue weighted by Crippen LogP contribution is 2.30. The molecule has 1 amide bonds. The zero-order valence-electron chi connectivity index (χ0n) is 21.0. The molecule has 1 aromatic carbocycles. The number of carbonyl (C=O) groups is 1. The smallest absolute Gasteiger partial charge is 0.228 e. The van der Waals surface area contributed by atoms with Crippen LogP contribution in [0.3, 0.4) is 0 Å². The first-order valence-corrected chi connectivity index (χ1v) is 12.5. The molecule has 0 atom stereocenters. The van der Waals surface area contributed by atoms with Gasteiger partial charge in [-0.05, 0) is 57.3 Å². The lowest BCUT2D eigenvalue weighted by atomic mass is 10.1. The van der Waals surface area contributed by atoms with Crippen molar-refractivity contribution in [3.63, 3.8) is 0 Å². The van der Waals surface area contributed by atoms with Crippen LogP contribution in [0, 0.1) is 11.7 Å². The average Bonchev–Trinajstić information content (AvgIpc) is 3.61. The van der Waals surface area contributed by atoms with E-state index in [-0.39, 0.29) is 17.6 Å². The van der Waals surface area contributed by atoms with Crippen molar-refractivity contribution in [2.45, 2.75) is 31.6 Å². The van der Waals surface area contributed by atoms with Gasteiger partial charge in [-0.15, -0.1) is 0 Å². The standard InChI is InChI=1S/C26H32FN7O3/c1-34(2)12-11-29-26-28-10-9-20(31-26)24-23(16-3-5-18(27)6-4-16)32-21(33-24)13-22-36-14-17(15-37-22)25(35)30-19-7-8-19/h3-6,9-10,17,19,22H,7-8,11-15H2,1-2H3,(H,30,35)(H,32,33)(H,28,29,31). The number of aromatic amines is 1. The van der Waals surface area contributed by atoms with Crippen LogP contribution in [-0.4, -0.2) is 83.5 Å². The second-order valence-electron chi connectivity index (χ2n) is 9.69. The molecule has 3 heterocycles. The van der Waals surface area contributed by atoms with Crippen LogP contribution >= 0.6 is 0 Å². The van der Waals surface area contributed by atoms with Crippen LogP contribution in [0.4, 0.5) is 10.3 Å². The van der Waals surface area contributed by atoms with Crippen LogP contribution in [0.25, 0.3) is 22.6 Å². The van der Waals surface area contributed by atoms with E-state index in [1.54, 1.807) is 24.4 Å². The van der Waals surface area contributed by atoms with E-state index in [4.69, 9.17) is 14.5 Å². The molecular formula is C26H32FN7O3. The van der Waals surface area contributed by atoms with E-state index in [1.165, 1.54) is 12.1 Å². The molecule has 0 bridgehead atoms. The maximum atomic E-state index is 13.6. The third-order valence-corrected chi connectivity index (χ3v) is 6.25. The van der Waals surface area contributed by atoms with E-state index in [0.717, 1.165) is 24.9 Å². The van der Waals surface area contributed by atoms with Crippen molar-refractivity contribution in [1.82, 2.24) is 30.2 Å². The third-order valence-electron chi connectivity index (χ3n) is 6.25. The molecule has 1 aliphatic heterocycles. The van der Waals surface area contributed by atoms with Crippen molar-refractivity contribution in [3.05, 3.63) is 48.2 Å². The van der Waals surface area contributed by atoms with Gasteiger partial charge in [0, 0.05) is 30.9 Å². The van der Waals surface area contributed by atoms with Crippen LogP contribution in [-0.2, 0) is 20.7 Å². The Morgan fingerprint density at radius 3 is 2.59 bits per heavy atom. The summed E-state index contributed by atoms with van der Waals surface area (Å²) in [6.45, 7) is 2.14. The second kappa shape index (κ2) is 11.3. The van der Waals surface area contributed by atoms with Crippen LogP contribution in [0.5, 0.6) is 0 Å². The summed E-state index contributed by atoms with van der Waals surface area (Å²) in [7, 11) is 4.01. The predicted octanol–water partition coefficient (Wildman–Crippen LogP) is 2.46. The molecule has 11 heteroatoms. The summed E-state index contributed by atoms with van der Waals surface area (Å²) in [5, 5.41) is 6.23. The Hall–Kier alpha value is -3.41. The number of imidazole rings is 1. The molecule has 2 aliphatic rings. The number of hydrogen-bond acceptors (Lipinski definition) is 8. The molecular weight excluding hydrogens is 477 g/mol. The van der Waals surface area contributed by atoms with Crippen molar-refractivity contribution < 1.29 is 18.7 Å². The summed E-state index contributed by atoms with van der Waals surface area (Å²) in [6, 6.07) is 8.30. The Morgan fingerprint density at radius 2 is 1.89 bits per heavy atom. The molecule has 2 aromatic heterocycles. The summed E-state index contributed by atoms with van der Waals surface area (Å²) < 4.78 is 25.3. The number of amides is 1. The van der Waals surface area contributed by atoms with Gasteiger partial charge in [0.1, 0.15) is 11.6 Å². The molecule has 196 valence electrons. The van der Waals surface area contributed by atoms with E-state index in [9.17, 15) is 9.18 Å². The number of hydrogen-bond donors (Lipinski definition) is 3. The fourth-order valence-electron chi connectivity index (χ4n) is 4.01. The molecule has 0 spiro atoms. The quantitative estimate of drug-likeness (QED) is 0.382. The van der Waals surface area contributed by atoms with Crippen LogP contribution in [0.1, 0.15) is 18.7 Å². The maximum absolute atomic E-state index is 13.6. The number of ether oxygens (including phenoxy) is 2. The predicted molar refractivity (Wildman–Crippen MR) is 136 cm³/mol. The molecule has 10 nitrogen and oxygen atoms in total. The van der Waals surface area contributed by atoms with Gasteiger partial charge in [-0.25, -0.2) is 19.3 Å². The Bertz CT molecular complexity index is 1210. The number of nitrogens with zero attached hydrogens (tertiary/aromatic N) is 4. The minimum absolute atomic E-state index is 0.0152. The zero-order valence-corrected chi connectivity index (χ0v) is 21.0. The number of likely N-dealkylation sites (N-methyl/N-ethyl adjacent to an activating group) is 1. The van der Waals surface area contributed by atoms with Gasteiger partial charge in [-0.2, -0.15) is 0 Å². The summed E-state index contributed by atoms with van der Waals surface area (Å²) in [5.74, 6) is 0.507. The topological polar surface area (TPSA) is 117 Å². The van der Waals surface area contributed by atoms with Gasteiger partial charge in [-0.1, -0.05) is 0 Å². The first-order valence-electron chi connectivity index (χ1n) is 12.5. The first kappa shape index (κ1) is 25.2. The van der Waals surface area contributed by atoms with E-state index in [2.05, 4.69) is 30.5 Å². The highest BCUT2D eigenvalue weighted by atomic mass is 19.1. The SMILES string of the molecule is CN(C)CCNc1nccc(-c2[nH]c(CC3OCC(C(=O)NC4CC4)CO3)nc2-c2ccc(F)cc2)n1. The van der Waals surface area contributed by atoms with E-state index >= 15 is 0 Å². The lowest BCUT2D eigenvalue weighted by Crippen LogP contribution is -2.43. The summed E-state index contributed by atoms with van der Waals surface area (Å²) in [5.41, 5.74) is 2.74. The van der Waals surface area contributed by atoms with Gasteiger partial charge in [0.25, 0.3) is 0 Å². The minimum Gasteiger partial charge on any atom is -0.353 e. The van der Waals surface area contributed by atoms with Crippen LogP contribution in [0.2, 0.25) is 0 Å². The Labute approximate surface area is 215 Å². The fourth-order valence-corrected chi connectivity index (χ4v) is 4.01. The summed E-state index contributed by atoms with van der Waals surface area (Å²) in [4.78, 5) is 31.5. The second-order valence-corrected chi connectivity index (χ2v) is 9.69. The Kier molecular flexibility index (Phi) is 7.73. The highest BCUT2D eigenvalue weighted by Gasteiger charge is 2.32. The number of anilines is 1. The monoisotopic (exact) mass is 509 g/mol. The summed E-state index contributed by atoms with van der Waals surface area (Å²) in [6.07, 6.45) is 3.61. The van der Waals surface area contributed by atoms with Gasteiger partial charge in [-0.3, -0.25) is 4.79 Å². The van der Waals surface area contributed by atoms with Gasteiger partial charge >= 0.3 is 0 Å². The molecule has 1 saturated carbocycles.